The van der Waals surface area contributed by atoms with Gasteiger partial charge in [0.1, 0.15) is 11.5 Å². The van der Waals surface area contributed by atoms with E-state index in [0.29, 0.717) is 34.1 Å². The van der Waals surface area contributed by atoms with Crippen molar-refractivity contribution in [3.8, 4) is 46.0 Å². The maximum absolute atomic E-state index is 13.1. The Bertz CT molecular complexity index is 1550. The monoisotopic (exact) mass is 549 g/mol. The van der Waals surface area contributed by atoms with Crippen LogP contribution in [0.2, 0.25) is 0 Å². The van der Waals surface area contributed by atoms with E-state index in [1.165, 1.54) is 34.5 Å². The molecular formula is C28H27N3O7S. The Labute approximate surface area is 226 Å². The Morgan fingerprint density at radius 1 is 0.744 bits per heavy atom. The van der Waals surface area contributed by atoms with Crippen molar-refractivity contribution in [1.82, 2.24) is 9.97 Å². The maximum Gasteiger partial charge on any atom is 0.263 e. The van der Waals surface area contributed by atoms with Crippen LogP contribution in [0.5, 0.6) is 34.6 Å². The lowest BCUT2D eigenvalue weighted by Gasteiger charge is -2.17. The third kappa shape index (κ3) is 6.76. The number of methoxy groups -OCH3 is 4. The summed E-state index contributed by atoms with van der Waals surface area (Å²) in [6.07, 6.45) is 1.47. The molecule has 0 aliphatic rings. The van der Waals surface area contributed by atoms with Crippen LogP contribution in [-0.4, -0.2) is 46.8 Å². The predicted octanol–water partition coefficient (Wildman–Crippen LogP) is 5.38. The van der Waals surface area contributed by atoms with Crippen molar-refractivity contribution in [3.05, 3.63) is 83.8 Å². The molecule has 0 fully saturated rings. The standard InChI is InChI=1S/C28H27N3O7S/c1-34-21-16-20(17-22(18-21)35-2)26-29-27(31-39(32,33)15-14-19-10-6-5-7-11-19)25(28(30-26)37-4)38-24-13-9-8-12-23(24)36-3/h5-18H,1-4H3,(H,29,30,31). The van der Waals surface area contributed by atoms with E-state index in [-0.39, 0.29) is 23.3 Å². The minimum Gasteiger partial charge on any atom is -0.497 e. The second-order valence-corrected chi connectivity index (χ2v) is 9.52. The molecule has 0 aliphatic carbocycles. The molecule has 0 atom stereocenters. The Kier molecular flexibility index (Phi) is 8.52. The van der Waals surface area contributed by atoms with Gasteiger partial charge in [0.15, 0.2) is 23.1 Å². The molecule has 4 aromatic rings. The first-order valence-electron chi connectivity index (χ1n) is 11.6. The number of hydrogen-bond acceptors (Lipinski definition) is 9. The van der Waals surface area contributed by atoms with Crippen LogP contribution in [0.1, 0.15) is 5.56 Å². The van der Waals surface area contributed by atoms with Gasteiger partial charge in [0, 0.05) is 11.6 Å². The quantitative estimate of drug-likeness (QED) is 0.263. The Morgan fingerprint density at radius 3 is 2.00 bits per heavy atom. The van der Waals surface area contributed by atoms with Crippen molar-refractivity contribution >= 4 is 21.9 Å². The van der Waals surface area contributed by atoms with Crippen LogP contribution in [0, 0.1) is 0 Å². The summed E-state index contributed by atoms with van der Waals surface area (Å²) in [5.41, 5.74) is 1.20. The first kappa shape index (κ1) is 27.3. The molecule has 0 bridgehead atoms. The largest absolute Gasteiger partial charge is 0.497 e. The fraction of sp³-hybridized carbons (Fsp3) is 0.143. The van der Waals surface area contributed by atoms with Crippen LogP contribution in [0.4, 0.5) is 5.82 Å². The van der Waals surface area contributed by atoms with Crippen molar-refractivity contribution in [1.29, 1.82) is 0 Å². The molecule has 0 aliphatic heterocycles. The number of sulfonamides is 1. The second kappa shape index (κ2) is 12.2. The molecule has 4 rings (SSSR count). The van der Waals surface area contributed by atoms with Gasteiger partial charge in [-0.2, -0.15) is 4.98 Å². The van der Waals surface area contributed by atoms with Gasteiger partial charge in [-0.05, 0) is 35.9 Å². The molecule has 3 aromatic carbocycles. The van der Waals surface area contributed by atoms with Crippen LogP contribution in [0.25, 0.3) is 17.5 Å². The highest BCUT2D eigenvalue weighted by atomic mass is 32.2. The smallest absolute Gasteiger partial charge is 0.263 e. The third-order valence-corrected chi connectivity index (χ3v) is 6.37. The van der Waals surface area contributed by atoms with Crippen molar-refractivity contribution < 1.29 is 32.1 Å². The number of anilines is 1. The summed E-state index contributed by atoms with van der Waals surface area (Å²) in [6, 6.07) is 21.0. The minimum atomic E-state index is -4.05. The normalized spacial score (nSPS) is 11.2. The van der Waals surface area contributed by atoms with Gasteiger partial charge < -0.3 is 23.7 Å². The van der Waals surface area contributed by atoms with Gasteiger partial charge in [-0.15, -0.1) is 0 Å². The SMILES string of the molecule is COc1cc(OC)cc(-c2nc(NS(=O)(=O)C=Cc3ccccc3)c(Oc3ccccc3OC)c(OC)n2)c1. The highest BCUT2D eigenvalue weighted by Gasteiger charge is 2.23. The average Bonchev–Trinajstić information content (AvgIpc) is 2.97. The van der Waals surface area contributed by atoms with Gasteiger partial charge in [-0.25, -0.2) is 13.4 Å². The summed E-state index contributed by atoms with van der Waals surface area (Å²) in [4.78, 5) is 8.99. The van der Waals surface area contributed by atoms with E-state index in [1.54, 1.807) is 54.6 Å². The second-order valence-electron chi connectivity index (χ2n) is 7.95. The summed E-state index contributed by atoms with van der Waals surface area (Å²) >= 11 is 0. The highest BCUT2D eigenvalue weighted by Crippen LogP contribution is 2.41. The molecule has 39 heavy (non-hydrogen) atoms. The van der Waals surface area contributed by atoms with Crippen LogP contribution in [0.15, 0.2) is 78.2 Å². The summed E-state index contributed by atoms with van der Waals surface area (Å²) in [7, 11) is 1.87. The number of nitrogens with zero attached hydrogens (tertiary/aromatic N) is 2. The third-order valence-electron chi connectivity index (χ3n) is 5.40. The predicted molar refractivity (Wildman–Crippen MR) is 148 cm³/mol. The zero-order valence-corrected chi connectivity index (χ0v) is 22.6. The van der Waals surface area contributed by atoms with E-state index in [1.807, 2.05) is 18.2 Å². The summed E-state index contributed by atoms with van der Waals surface area (Å²) in [5.74, 6) is 1.62. The van der Waals surface area contributed by atoms with E-state index >= 15 is 0 Å². The van der Waals surface area contributed by atoms with E-state index in [9.17, 15) is 8.42 Å². The first-order valence-corrected chi connectivity index (χ1v) is 13.2. The van der Waals surface area contributed by atoms with Crippen LogP contribution < -0.4 is 28.4 Å². The summed E-state index contributed by atoms with van der Waals surface area (Å²) < 4.78 is 56.4. The number of hydrogen-bond donors (Lipinski definition) is 1. The number of para-hydroxylation sites is 2. The molecule has 1 aromatic heterocycles. The lowest BCUT2D eigenvalue weighted by molar-refractivity contribution is 0.348. The number of nitrogens with one attached hydrogen (secondary N) is 1. The number of ether oxygens (including phenoxy) is 5. The zero-order valence-electron chi connectivity index (χ0n) is 21.7. The van der Waals surface area contributed by atoms with Crippen LogP contribution in [-0.2, 0) is 10.0 Å². The van der Waals surface area contributed by atoms with Gasteiger partial charge in [-0.1, -0.05) is 42.5 Å². The number of benzene rings is 3. The minimum absolute atomic E-state index is 0.0163. The van der Waals surface area contributed by atoms with E-state index in [0.717, 1.165) is 5.41 Å². The Hall–Kier alpha value is -4.77. The zero-order chi connectivity index (χ0) is 27.8. The van der Waals surface area contributed by atoms with Gasteiger partial charge >= 0.3 is 0 Å². The lowest BCUT2D eigenvalue weighted by Crippen LogP contribution is -2.13. The molecular weight excluding hydrogens is 522 g/mol. The van der Waals surface area contributed by atoms with Gasteiger partial charge in [0.25, 0.3) is 15.9 Å². The lowest BCUT2D eigenvalue weighted by atomic mass is 10.2. The van der Waals surface area contributed by atoms with Gasteiger partial charge in [0.2, 0.25) is 5.75 Å². The molecule has 0 saturated heterocycles. The van der Waals surface area contributed by atoms with Crippen LogP contribution in [0.3, 0.4) is 0 Å². The fourth-order valence-electron chi connectivity index (χ4n) is 3.51. The van der Waals surface area contributed by atoms with Gasteiger partial charge in [0.05, 0.1) is 33.8 Å². The first-order chi connectivity index (χ1) is 18.9. The van der Waals surface area contributed by atoms with E-state index < -0.39 is 10.0 Å². The Morgan fingerprint density at radius 2 is 1.38 bits per heavy atom. The molecule has 1 N–H and O–H groups in total. The van der Waals surface area contributed by atoms with E-state index in [4.69, 9.17) is 23.7 Å². The number of aromatic nitrogens is 2. The molecule has 10 nitrogen and oxygen atoms in total. The Balaban J connectivity index is 1.85. The molecule has 11 heteroatoms. The summed E-state index contributed by atoms with van der Waals surface area (Å²) in [6.45, 7) is 0. The van der Waals surface area contributed by atoms with E-state index in [2.05, 4.69) is 14.7 Å². The fourth-order valence-corrected chi connectivity index (χ4v) is 4.32. The molecule has 0 unspecified atom stereocenters. The molecule has 1 heterocycles. The highest BCUT2D eigenvalue weighted by molar-refractivity contribution is 7.95. The van der Waals surface area contributed by atoms with Crippen molar-refractivity contribution in [3.63, 3.8) is 0 Å². The van der Waals surface area contributed by atoms with Crippen molar-refractivity contribution in [2.75, 3.05) is 33.2 Å². The van der Waals surface area contributed by atoms with Gasteiger partial charge in [-0.3, -0.25) is 4.72 Å². The van der Waals surface area contributed by atoms with Crippen molar-refractivity contribution in [2.24, 2.45) is 0 Å². The van der Waals surface area contributed by atoms with Crippen molar-refractivity contribution in [2.45, 2.75) is 0 Å². The molecule has 0 spiro atoms. The topological polar surface area (TPSA) is 118 Å². The van der Waals surface area contributed by atoms with Crippen LogP contribution >= 0.6 is 0 Å². The molecule has 0 amide bonds. The number of rotatable bonds is 11. The summed E-state index contributed by atoms with van der Waals surface area (Å²) in [5, 5.41) is 1.04. The molecule has 202 valence electrons. The molecule has 0 radical (unpaired) electrons. The average molecular weight is 550 g/mol. The molecule has 0 saturated carbocycles. The maximum atomic E-state index is 13.1.